The Morgan fingerprint density at radius 1 is 0.848 bits per heavy atom. The second-order valence-corrected chi connectivity index (χ2v) is 11.9. The van der Waals surface area contributed by atoms with Gasteiger partial charge in [-0.3, -0.25) is 12.5 Å². The maximum absolute atomic E-state index is 12.7. The Morgan fingerprint density at radius 2 is 1.39 bits per heavy atom. The van der Waals surface area contributed by atoms with Gasteiger partial charge < -0.3 is 14.2 Å². The largest absolute Gasteiger partial charge is 0.453 e. The van der Waals surface area contributed by atoms with Crippen LogP contribution in [0.4, 0.5) is 0 Å². The number of carbonyl (C=O) groups is 1. The quantitative estimate of drug-likeness (QED) is 0.272. The molecule has 33 heavy (non-hydrogen) atoms. The van der Waals surface area contributed by atoms with Crippen LogP contribution in [0.15, 0.2) is 30.3 Å². The zero-order valence-corrected chi connectivity index (χ0v) is 20.5. The van der Waals surface area contributed by atoms with E-state index < -0.39 is 73.6 Å². The predicted octanol–water partition coefficient (Wildman–Crippen LogP) is -0.751. The van der Waals surface area contributed by atoms with Gasteiger partial charge in [0.05, 0.1) is 30.9 Å². The molecular weight excluding hydrogens is 508 g/mol. The molecule has 13 nitrogen and oxygen atoms in total. The molecule has 1 fully saturated rings. The lowest BCUT2D eigenvalue weighted by atomic mass is 9.99. The lowest BCUT2D eigenvalue weighted by Gasteiger charge is -2.43. The van der Waals surface area contributed by atoms with E-state index in [1.54, 1.807) is 6.07 Å². The van der Waals surface area contributed by atoms with Gasteiger partial charge in [0.2, 0.25) is 0 Å². The monoisotopic (exact) mass is 532 g/mol. The molecule has 2 rings (SSSR count). The van der Waals surface area contributed by atoms with Crippen LogP contribution >= 0.6 is 0 Å². The third-order valence-electron chi connectivity index (χ3n) is 4.09. The van der Waals surface area contributed by atoms with Crippen molar-refractivity contribution in [2.24, 2.45) is 0 Å². The first-order valence-corrected chi connectivity index (χ1v) is 14.6. The van der Waals surface area contributed by atoms with Crippen LogP contribution in [0.2, 0.25) is 0 Å². The molecule has 1 aliphatic rings. The number of hydrogen-bond donors (Lipinski definition) is 0. The van der Waals surface area contributed by atoms with Crippen molar-refractivity contribution in [1.82, 2.24) is 0 Å². The van der Waals surface area contributed by atoms with Crippen molar-refractivity contribution >= 4 is 36.3 Å². The molecule has 16 heteroatoms. The summed E-state index contributed by atoms with van der Waals surface area (Å²) in [5, 5.41) is 0. The molecule has 0 aromatic heterocycles. The van der Waals surface area contributed by atoms with Gasteiger partial charge >= 0.3 is 5.97 Å². The fraction of sp³-hybridized carbons (Fsp3) is 0.588. The Labute approximate surface area is 192 Å². The van der Waals surface area contributed by atoms with Crippen molar-refractivity contribution in [1.29, 1.82) is 0 Å². The smallest absolute Gasteiger partial charge is 0.338 e. The summed E-state index contributed by atoms with van der Waals surface area (Å²) in [4.78, 5) is 12.7. The minimum atomic E-state index is -4.26. The van der Waals surface area contributed by atoms with E-state index in [-0.39, 0.29) is 5.56 Å². The highest BCUT2D eigenvalue weighted by Crippen LogP contribution is 2.31. The average Bonchev–Trinajstić information content (AvgIpc) is 2.67. The van der Waals surface area contributed by atoms with E-state index in [2.05, 4.69) is 0 Å². The van der Waals surface area contributed by atoms with Gasteiger partial charge in [0.25, 0.3) is 30.4 Å². The molecule has 5 atom stereocenters. The first-order valence-electron chi connectivity index (χ1n) is 9.15. The van der Waals surface area contributed by atoms with Crippen molar-refractivity contribution in [2.45, 2.75) is 30.7 Å². The molecule has 0 amide bonds. The lowest BCUT2D eigenvalue weighted by Crippen LogP contribution is -2.62. The molecule has 0 aliphatic carbocycles. The minimum Gasteiger partial charge on any atom is -0.453 e. The summed E-state index contributed by atoms with van der Waals surface area (Å²) in [7, 11) is -11.3. The number of rotatable bonds is 10. The van der Waals surface area contributed by atoms with Crippen LogP contribution in [0.5, 0.6) is 0 Å². The van der Waals surface area contributed by atoms with Crippen LogP contribution in [-0.4, -0.2) is 94.4 Å². The van der Waals surface area contributed by atoms with E-state index in [9.17, 15) is 30.0 Å². The lowest BCUT2D eigenvalue weighted by molar-refractivity contribution is -0.281. The number of methoxy groups -OCH3 is 1. The molecule has 0 unspecified atom stereocenters. The Hall–Kier alpha value is -1.66. The van der Waals surface area contributed by atoms with E-state index in [1.807, 2.05) is 0 Å². The maximum Gasteiger partial charge on any atom is 0.338 e. The number of hydrogen-bond acceptors (Lipinski definition) is 13. The zero-order valence-electron chi connectivity index (χ0n) is 18.0. The van der Waals surface area contributed by atoms with Gasteiger partial charge in [-0.15, -0.1) is 0 Å². The van der Waals surface area contributed by atoms with Crippen LogP contribution < -0.4 is 0 Å². The highest BCUT2D eigenvalue weighted by atomic mass is 32.2. The van der Waals surface area contributed by atoms with E-state index in [0.29, 0.717) is 12.5 Å². The summed E-state index contributed by atoms with van der Waals surface area (Å²) in [6.07, 6.45) is -6.10. The molecule has 1 aliphatic heterocycles. The van der Waals surface area contributed by atoms with Gasteiger partial charge in [0, 0.05) is 7.11 Å². The molecule has 0 spiro atoms. The normalized spacial score (nSPS) is 26.6. The summed E-state index contributed by atoms with van der Waals surface area (Å²) in [5.41, 5.74) is 0.0538. The number of ether oxygens (including phenoxy) is 3. The van der Waals surface area contributed by atoms with Gasteiger partial charge in [-0.05, 0) is 12.1 Å². The van der Waals surface area contributed by atoms with Crippen molar-refractivity contribution in [3.8, 4) is 0 Å². The van der Waals surface area contributed by atoms with Gasteiger partial charge in [0.15, 0.2) is 18.5 Å². The average molecular weight is 533 g/mol. The van der Waals surface area contributed by atoms with Crippen molar-refractivity contribution in [2.75, 3.05) is 32.5 Å². The van der Waals surface area contributed by atoms with E-state index >= 15 is 0 Å². The Morgan fingerprint density at radius 3 is 1.88 bits per heavy atom. The molecule has 0 saturated carbocycles. The fourth-order valence-corrected chi connectivity index (χ4v) is 4.54. The number of carbonyl (C=O) groups excluding carboxylic acids is 1. The highest BCUT2D eigenvalue weighted by Gasteiger charge is 2.53. The molecule has 1 saturated heterocycles. The molecule has 188 valence electrons. The maximum atomic E-state index is 12.7. The summed E-state index contributed by atoms with van der Waals surface area (Å²) in [6.45, 7) is -0.760. The summed E-state index contributed by atoms with van der Waals surface area (Å²) in [5.74, 6) is -0.968. The zero-order chi connectivity index (χ0) is 25.0. The first kappa shape index (κ1) is 27.6. The third-order valence-corrected chi connectivity index (χ3v) is 5.80. The molecule has 1 heterocycles. The third kappa shape index (κ3) is 8.90. The van der Waals surface area contributed by atoms with Crippen molar-refractivity contribution < 1.29 is 56.8 Å². The molecular formula is C17H24O13S3. The van der Waals surface area contributed by atoms with Crippen LogP contribution in [0.25, 0.3) is 0 Å². The van der Waals surface area contributed by atoms with Crippen molar-refractivity contribution in [3.63, 3.8) is 0 Å². The van der Waals surface area contributed by atoms with Crippen LogP contribution in [0.1, 0.15) is 10.4 Å². The van der Waals surface area contributed by atoms with E-state index in [0.717, 1.165) is 13.4 Å². The van der Waals surface area contributed by atoms with Gasteiger partial charge in [-0.1, -0.05) is 18.2 Å². The topological polar surface area (TPSA) is 175 Å². The van der Waals surface area contributed by atoms with Crippen LogP contribution in [-0.2, 0) is 57.1 Å². The molecule has 0 bridgehead atoms. The standard InChI is InChI=1S/C17H24O13S3/c1-25-17-15(30-33(4,23)24)14(28-16(18)11-8-6-5-7-9-11)13(29-32(3,21)22)12(27-17)10-26-31(2,19)20/h5-9,12-15,17H,10H2,1-4H3/t12-,13+,14+,15-,17-/m0/s1. The van der Waals surface area contributed by atoms with Crippen LogP contribution in [0, 0.1) is 0 Å². The highest BCUT2D eigenvalue weighted by molar-refractivity contribution is 7.86. The Balaban J connectivity index is 2.53. The molecule has 1 aromatic carbocycles. The fourth-order valence-electron chi connectivity index (χ4n) is 2.92. The predicted molar refractivity (Wildman–Crippen MR) is 112 cm³/mol. The first-order chi connectivity index (χ1) is 15.1. The summed E-state index contributed by atoms with van der Waals surface area (Å²) < 4.78 is 101. The van der Waals surface area contributed by atoms with Gasteiger partial charge in [-0.2, -0.15) is 25.3 Å². The number of benzene rings is 1. The molecule has 1 aromatic rings. The summed E-state index contributed by atoms with van der Waals surface area (Å²) in [6, 6.07) is 7.51. The van der Waals surface area contributed by atoms with Gasteiger partial charge in [0.1, 0.15) is 12.2 Å². The van der Waals surface area contributed by atoms with Crippen LogP contribution in [0.3, 0.4) is 0 Å². The minimum absolute atomic E-state index is 0.0538. The molecule has 0 N–H and O–H groups in total. The van der Waals surface area contributed by atoms with Crippen molar-refractivity contribution in [3.05, 3.63) is 35.9 Å². The summed E-state index contributed by atoms with van der Waals surface area (Å²) >= 11 is 0. The van der Waals surface area contributed by atoms with Gasteiger partial charge in [-0.25, -0.2) is 4.79 Å². The van der Waals surface area contributed by atoms with E-state index in [4.69, 9.17) is 26.8 Å². The Kier molecular flexibility index (Phi) is 8.97. The number of esters is 1. The van der Waals surface area contributed by atoms with E-state index in [1.165, 1.54) is 24.3 Å². The second-order valence-electron chi connectivity index (χ2n) is 7.03. The SMILES string of the molecule is CO[C@H]1O[C@@H](COS(C)(=O)=O)[C@@H](OS(C)(=O)=O)[C@@H](OC(=O)c2ccccc2)[C@@H]1OS(C)(=O)=O. The second kappa shape index (κ2) is 10.7. The molecule has 0 radical (unpaired) electrons. The Bertz CT molecular complexity index is 1130.